The first-order valence-electron chi connectivity index (χ1n) is 7.67. The molecule has 2 fully saturated rings. The second-order valence-electron chi connectivity index (χ2n) is 5.86. The summed E-state index contributed by atoms with van der Waals surface area (Å²) in [5, 5.41) is 3.46. The Balaban J connectivity index is 1.66. The van der Waals surface area contributed by atoms with Gasteiger partial charge in [-0.15, -0.1) is 0 Å². The van der Waals surface area contributed by atoms with Gasteiger partial charge in [-0.3, -0.25) is 4.90 Å². The van der Waals surface area contributed by atoms with E-state index in [4.69, 9.17) is 4.98 Å². The molecule has 20 heavy (non-hydrogen) atoms. The molecule has 2 aromatic rings. The monoisotopic (exact) mass is 271 g/mol. The zero-order chi connectivity index (χ0) is 13.4. The van der Waals surface area contributed by atoms with E-state index in [2.05, 4.69) is 25.8 Å². The lowest BCUT2D eigenvalue weighted by molar-refractivity contribution is 0.273. The van der Waals surface area contributed by atoms with Gasteiger partial charge in [0.1, 0.15) is 11.3 Å². The van der Waals surface area contributed by atoms with Crippen LogP contribution < -0.4 is 5.32 Å². The van der Waals surface area contributed by atoms with Crippen molar-refractivity contribution in [3.05, 3.63) is 24.2 Å². The Morgan fingerprint density at radius 3 is 3.10 bits per heavy atom. The third kappa shape index (κ3) is 2.31. The molecular formula is C15H21N5. The molecule has 1 N–H and O–H groups in total. The molecule has 1 aliphatic carbocycles. The van der Waals surface area contributed by atoms with Crippen molar-refractivity contribution >= 4 is 11.2 Å². The number of nitrogens with one attached hydrogen (secondary N) is 1. The van der Waals surface area contributed by atoms with Gasteiger partial charge in [0, 0.05) is 25.3 Å². The van der Waals surface area contributed by atoms with E-state index in [1.807, 2.05) is 12.3 Å². The molecule has 1 aliphatic heterocycles. The van der Waals surface area contributed by atoms with Crippen molar-refractivity contribution in [1.82, 2.24) is 24.8 Å². The number of aromatic nitrogens is 3. The van der Waals surface area contributed by atoms with Gasteiger partial charge in [0.15, 0.2) is 5.65 Å². The van der Waals surface area contributed by atoms with Crippen LogP contribution in [0.15, 0.2) is 18.3 Å². The topological polar surface area (TPSA) is 46.0 Å². The fraction of sp³-hybridized carbons (Fsp3) is 0.600. The van der Waals surface area contributed by atoms with Crippen molar-refractivity contribution < 1.29 is 0 Å². The van der Waals surface area contributed by atoms with Gasteiger partial charge < -0.3 is 9.88 Å². The zero-order valence-corrected chi connectivity index (χ0v) is 11.8. The van der Waals surface area contributed by atoms with E-state index >= 15 is 0 Å². The molecule has 0 bridgehead atoms. The summed E-state index contributed by atoms with van der Waals surface area (Å²) in [6.07, 6.45) is 5.65. The maximum Gasteiger partial charge on any atom is 0.160 e. The Labute approximate surface area is 119 Å². The summed E-state index contributed by atoms with van der Waals surface area (Å²) in [5.74, 6) is 1.20. The Morgan fingerprint density at radius 1 is 1.25 bits per heavy atom. The quantitative estimate of drug-likeness (QED) is 0.920. The normalized spacial score (nSPS) is 21.2. The van der Waals surface area contributed by atoms with Crippen molar-refractivity contribution in [2.75, 3.05) is 26.2 Å². The van der Waals surface area contributed by atoms with Gasteiger partial charge in [-0.2, -0.15) is 0 Å². The summed E-state index contributed by atoms with van der Waals surface area (Å²) in [6, 6.07) is 4.69. The lowest BCUT2D eigenvalue weighted by Gasteiger charge is -2.19. The highest BCUT2D eigenvalue weighted by atomic mass is 15.2. The van der Waals surface area contributed by atoms with Gasteiger partial charge >= 0.3 is 0 Å². The fourth-order valence-electron chi connectivity index (χ4n) is 3.06. The van der Waals surface area contributed by atoms with Crippen LogP contribution >= 0.6 is 0 Å². The highest BCUT2D eigenvalue weighted by Gasteiger charge is 2.29. The summed E-state index contributed by atoms with van der Waals surface area (Å²) < 4.78 is 2.38. The van der Waals surface area contributed by atoms with E-state index in [9.17, 15) is 0 Å². The molecule has 0 aromatic carbocycles. The van der Waals surface area contributed by atoms with Gasteiger partial charge in [0.05, 0.1) is 6.54 Å². The smallest absolute Gasteiger partial charge is 0.160 e. The number of pyridine rings is 1. The molecule has 0 amide bonds. The number of hydrogen-bond donors (Lipinski definition) is 1. The van der Waals surface area contributed by atoms with Crippen LogP contribution in [0.5, 0.6) is 0 Å². The second-order valence-corrected chi connectivity index (χ2v) is 5.86. The number of fused-ring (bicyclic) bond motifs is 1. The first-order chi connectivity index (χ1) is 9.92. The molecule has 0 radical (unpaired) electrons. The van der Waals surface area contributed by atoms with Crippen molar-refractivity contribution in [2.45, 2.75) is 31.8 Å². The minimum atomic E-state index is 0.634. The number of nitrogens with zero attached hydrogens (tertiary/aromatic N) is 4. The van der Waals surface area contributed by atoms with Crippen LogP contribution in [0.4, 0.5) is 0 Å². The van der Waals surface area contributed by atoms with Gasteiger partial charge in [0.2, 0.25) is 0 Å². The van der Waals surface area contributed by atoms with Crippen LogP contribution in [-0.2, 0) is 6.54 Å². The predicted molar refractivity (Wildman–Crippen MR) is 78.6 cm³/mol. The molecule has 5 heteroatoms. The Bertz CT molecular complexity index is 593. The van der Waals surface area contributed by atoms with Crippen LogP contribution in [-0.4, -0.2) is 45.6 Å². The maximum absolute atomic E-state index is 4.84. The third-order valence-electron chi connectivity index (χ3n) is 4.23. The summed E-state index contributed by atoms with van der Waals surface area (Å²) in [6.45, 7) is 5.45. The SMILES string of the molecule is c1cnc2c(c1)nc(CN1CCCNCC1)n2C1CC1. The van der Waals surface area contributed by atoms with E-state index in [0.29, 0.717) is 6.04 Å². The number of imidazole rings is 1. The Morgan fingerprint density at radius 2 is 2.20 bits per heavy atom. The minimum absolute atomic E-state index is 0.634. The Hall–Kier alpha value is -1.46. The van der Waals surface area contributed by atoms with Gasteiger partial charge in [-0.05, 0) is 44.5 Å². The summed E-state index contributed by atoms with van der Waals surface area (Å²) in [7, 11) is 0. The van der Waals surface area contributed by atoms with Crippen LogP contribution in [0.2, 0.25) is 0 Å². The van der Waals surface area contributed by atoms with E-state index in [-0.39, 0.29) is 0 Å². The Kier molecular flexibility index (Phi) is 3.16. The zero-order valence-electron chi connectivity index (χ0n) is 11.8. The van der Waals surface area contributed by atoms with Gasteiger partial charge in [-0.25, -0.2) is 9.97 Å². The van der Waals surface area contributed by atoms with E-state index < -0.39 is 0 Å². The molecule has 0 unspecified atom stereocenters. The van der Waals surface area contributed by atoms with Crippen molar-refractivity contribution in [3.8, 4) is 0 Å². The predicted octanol–water partition coefficient (Wildman–Crippen LogP) is 1.56. The number of hydrogen-bond acceptors (Lipinski definition) is 4. The molecule has 0 spiro atoms. The molecule has 1 saturated carbocycles. The van der Waals surface area contributed by atoms with Gasteiger partial charge in [0.25, 0.3) is 0 Å². The van der Waals surface area contributed by atoms with Crippen molar-refractivity contribution in [2.24, 2.45) is 0 Å². The lowest BCUT2D eigenvalue weighted by Crippen LogP contribution is -2.29. The van der Waals surface area contributed by atoms with Crippen LogP contribution in [0.25, 0.3) is 11.2 Å². The van der Waals surface area contributed by atoms with Crippen LogP contribution in [0.1, 0.15) is 31.1 Å². The third-order valence-corrected chi connectivity index (χ3v) is 4.23. The van der Waals surface area contributed by atoms with E-state index in [0.717, 1.165) is 43.9 Å². The minimum Gasteiger partial charge on any atom is -0.315 e. The largest absolute Gasteiger partial charge is 0.315 e. The van der Waals surface area contributed by atoms with E-state index in [1.165, 1.54) is 25.1 Å². The van der Waals surface area contributed by atoms with Crippen LogP contribution in [0.3, 0.4) is 0 Å². The average Bonchev–Trinajstić information content (AvgIpc) is 3.26. The highest BCUT2D eigenvalue weighted by Crippen LogP contribution is 2.38. The number of rotatable bonds is 3. The second kappa shape index (κ2) is 5.14. The highest BCUT2D eigenvalue weighted by molar-refractivity contribution is 5.71. The molecule has 106 valence electrons. The molecule has 0 atom stereocenters. The van der Waals surface area contributed by atoms with Crippen molar-refractivity contribution in [3.63, 3.8) is 0 Å². The summed E-state index contributed by atoms with van der Waals surface area (Å²) >= 11 is 0. The lowest BCUT2D eigenvalue weighted by atomic mass is 10.4. The molecule has 1 saturated heterocycles. The van der Waals surface area contributed by atoms with E-state index in [1.54, 1.807) is 0 Å². The maximum atomic E-state index is 4.84. The molecule has 4 rings (SSSR count). The average molecular weight is 271 g/mol. The first-order valence-corrected chi connectivity index (χ1v) is 7.67. The van der Waals surface area contributed by atoms with Crippen LogP contribution in [0, 0.1) is 0 Å². The molecule has 5 nitrogen and oxygen atoms in total. The molecular weight excluding hydrogens is 250 g/mol. The van der Waals surface area contributed by atoms with Crippen molar-refractivity contribution in [1.29, 1.82) is 0 Å². The standard InChI is InChI=1S/C15H21N5/c1-3-13-15(17-7-1)20(12-4-5-12)14(18-13)11-19-9-2-6-16-8-10-19/h1,3,7,12,16H,2,4-6,8-11H2. The summed E-state index contributed by atoms with van der Waals surface area (Å²) in [4.78, 5) is 11.9. The molecule has 2 aliphatic rings. The van der Waals surface area contributed by atoms with Gasteiger partial charge in [-0.1, -0.05) is 0 Å². The first kappa shape index (κ1) is 12.3. The molecule has 3 heterocycles. The summed E-state index contributed by atoms with van der Waals surface area (Å²) in [5.41, 5.74) is 2.11. The molecule has 2 aromatic heterocycles. The fourth-order valence-corrected chi connectivity index (χ4v) is 3.06.